The molecule has 0 radical (unpaired) electrons. The van der Waals surface area contributed by atoms with Crippen LogP contribution in [0.5, 0.6) is 0 Å². The van der Waals surface area contributed by atoms with Gasteiger partial charge in [-0.05, 0) is 41.0 Å². The van der Waals surface area contributed by atoms with Crippen molar-refractivity contribution < 1.29 is 43.6 Å². The number of halogens is 1. The van der Waals surface area contributed by atoms with Gasteiger partial charge in [0.2, 0.25) is 15.9 Å². The number of sulfonamides is 1. The van der Waals surface area contributed by atoms with E-state index in [9.17, 15) is 22.4 Å². The van der Waals surface area contributed by atoms with E-state index in [0.29, 0.717) is 11.3 Å². The first-order valence-electron chi connectivity index (χ1n) is 13.0. The van der Waals surface area contributed by atoms with Crippen molar-refractivity contribution in [3.05, 3.63) is 96.7 Å². The van der Waals surface area contributed by atoms with Gasteiger partial charge in [-0.2, -0.15) is 10.2 Å². The molecule has 1 aliphatic rings. The maximum atomic E-state index is 13.6. The Morgan fingerprint density at radius 3 is 2.29 bits per heavy atom. The second-order valence-corrected chi connectivity index (χ2v) is 12.8. The number of hydrogen-bond acceptors (Lipinski definition) is 6. The molecule has 222 valence electrons. The zero-order valence-electron chi connectivity index (χ0n) is 22.6. The number of benzene rings is 3. The summed E-state index contributed by atoms with van der Waals surface area (Å²) in [5, 5.41) is 1.93. The summed E-state index contributed by atoms with van der Waals surface area (Å²) < 4.78 is 47.2. The predicted octanol–water partition coefficient (Wildman–Crippen LogP) is 5.20. The van der Waals surface area contributed by atoms with E-state index in [1.54, 1.807) is 36.4 Å². The largest absolute Gasteiger partial charge is 0.488 e. The van der Waals surface area contributed by atoms with Crippen LogP contribution >= 0.6 is 11.8 Å². The third kappa shape index (κ3) is 8.58. The molecule has 0 unspecified atom stereocenters. The van der Waals surface area contributed by atoms with Crippen molar-refractivity contribution >= 4 is 33.7 Å². The molecule has 0 bridgehead atoms. The van der Waals surface area contributed by atoms with Crippen LogP contribution in [0.1, 0.15) is 31.9 Å². The topological polar surface area (TPSA) is 92.8 Å². The molecule has 3 aromatic rings. The molecule has 0 saturated carbocycles. The number of nitrogens with one attached hydrogen (secondary N) is 1. The molecule has 1 heterocycles. The Labute approximate surface area is 255 Å². The fourth-order valence-corrected chi connectivity index (χ4v) is 7.44. The zero-order valence-corrected chi connectivity index (χ0v) is 25.3. The van der Waals surface area contributed by atoms with Gasteiger partial charge >= 0.3 is 0 Å². The van der Waals surface area contributed by atoms with Crippen molar-refractivity contribution in [1.29, 1.82) is 0 Å². The molecule has 1 aliphatic heterocycles. The van der Waals surface area contributed by atoms with Crippen LogP contribution in [0.3, 0.4) is 0 Å². The first kappa shape index (κ1) is 32.7. The first-order valence-corrected chi connectivity index (χ1v) is 15.5. The number of amides is 1. The second kappa shape index (κ2) is 14.9. The van der Waals surface area contributed by atoms with Crippen LogP contribution in [0.25, 0.3) is 11.1 Å². The van der Waals surface area contributed by atoms with Crippen LogP contribution in [0.2, 0.25) is 0 Å². The Morgan fingerprint density at radius 2 is 1.66 bits per heavy atom. The molecule has 2 atom stereocenters. The number of carbonyl (C=O) groups is 2. The second-order valence-electron chi connectivity index (χ2n) is 9.71. The molecule has 3 aromatic carbocycles. The molecule has 1 fully saturated rings. The Kier molecular flexibility index (Phi) is 11.8. The van der Waals surface area contributed by atoms with Crippen LogP contribution in [0.4, 0.5) is 4.39 Å². The standard InChI is InChI=1S/C30H32FN2O5S2.Ni/c1-21(2)20-28(34)38-18-16-27(24-8-12-25(31)13-9-24)32-29(35)30-33(17-19-39-30)40(36,37)26-14-10-23(11-15-26)22-6-4-3-5-7-22;/h3-15,20-21,27,30H,16-19H2,1-2H3,(H,32,35);/q-1;/t27-,30-;/m0./s1. The molecular weight excluding hydrogens is 610 g/mol. The maximum Gasteiger partial charge on any atom is 0.249 e. The summed E-state index contributed by atoms with van der Waals surface area (Å²) in [6, 6.07) is 21.3. The van der Waals surface area contributed by atoms with Gasteiger partial charge in [-0.3, -0.25) is 16.0 Å². The number of thioether (sulfide) groups is 1. The van der Waals surface area contributed by atoms with Gasteiger partial charge in [0.15, 0.2) is 5.97 Å². The summed E-state index contributed by atoms with van der Waals surface area (Å²) in [5.74, 6) is -0.873. The summed E-state index contributed by atoms with van der Waals surface area (Å²) in [7, 11) is -3.95. The summed E-state index contributed by atoms with van der Waals surface area (Å²) in [6.07, 6.45) is 1.69. The molecule has 0 aromatic heterocycles. The fraction of sp³-hybridized carbons (Fsp3) is 0.300. The monoisotopic (exact) mass is 641 g/mol. The van der Waals surface area contributed by atoms with Gasteiger partial charge in [0, 0.05) is 35.2 Å². The third-order valence-corrected chi connectivity index (χ3v) is 9.57. The van der Waals surface area contributed by atoms with Crippen molar-refractivity contribution in [2.75, 3.05) is 18.9 Å². The van der Waals surface area contributed by atoms with Crippen molar-refractivity contribution in [1.82, 2.24) is 9.62 Å². The summed E-state index contributed by atoms with van der Waals surface area (Å²) in [6.45, 7) is 3.94. The molecule has 11 heteroatoms. The fourth-order valence-electron chi connectivity index (χ4n) is 4.35. The maximum absolute atomic E-state index is 13.6. The summed E-state index contributed by atoms with van der Waals surface area (Å²) in [5.41, 5.74) is 2.48. The normalized spacial score (nSPS) is 16.0. The number of hydrogen-bond donors (Lipinski definition) is 1. The molecule has 41 heavy (non-hydrogen) atoms. The number of ether oxygens (including phenoxy) is 1. The Hall–Kier alpha value is -2.85. The van der Waals surface area contributed by atoms with E-state index >= 15 is 0 Å². The van der Waals surface area contributed by atoms with E-state index in [0.717, 1.165) is 11.1 Å². The minimum atomic E-state index is -3.95. The average Bonchev–Trinajstić information content (AvgIpc) is 3.45. The number of carbonyl (C=O) groups excluding carboxylic acids is 2. The molecule has 7 nitrogen and oxygen atoms in total. The van der Waals surface area contributed by atoms with E-state index in [1.807, 2.05) is 44.2 Å². The van der Waals surface area contributed by atoms with Crippen molar-refractivity contribution in [3.63, 3.8) is 0 Å². The van der Waals surface area contributed by atoms with Gasteiger partial charge in [0.25, 0.3) is 0 Å². The predicted molar refractivity (Wildman–Crippen MR) is 154 cm³/mol. The summed E-state index contributed by atoms with van der Waals surface area (Å²) in [4.78, 5) is 25.5. The van der Waals surface area contributed by atoms with E-state index in [2.05, 4.69) is 5.32 Å². The molecule has 0 aliphatic carbocycles. The van der Waals surface area contributed by atoms with Gasteiger partial charge in [0.05, 0.1) is 17.5 Å². The van der Waals surface area contributed by atoms with Gasteiger partial charge in [-0.25, -0.2) is 12.8 Å². The van der Waals surface area contributed by atoms with Crippen LogP contribution in [0.15, 0.2) is 83.8 Å². The first-order chi connectivity index (χ1) is 19.1. The Morgan fingerprint density at radius 1 is 1.02 bits per heavy atom. The van der Waals surface area contributed by atoms with Crippen molar-refractivity contribution in [2.45, 2.75) is 36.6 Å². The van der Waals surface area contributed by atoms with Crippen LogP contribution in [-0.2, 0) is 40.8 Å². The quantitative estimate of drug-likeness (QED) is 0.176. The van der Waals surface area contributed by atoms with Gasteiger partial charge in [-0.1, -0.05) is 68.4 Å². The van der Waals surface area contributed by atoms with Crippen LogP contribution in [0, 0.1) is 18.2 Å². The Balaban J connectivity index is 0.00000462. The minimum Gasteiger partial charge on any atom is -0.488 e. The average molecular weight is 642 g/mol. The Bertz CT molecular complexity index is 1410. The van der Waals surface area contributed by atoms with Gasteiger partial charge < -0.3 is 10.1 Å². The van der Waals surface area contributed by atoms with Crippen LogP contribution in [-0.4, -0.2) is 48.9 Å². The molecule has 1 saturated heterocycles. The number of esters is 1. The van der Waals surface area contributed by atoms with Crippen LogP contribution < -0.4 is 5.32 Å². The van der Waals surface area contributed by atoms with E-state index in [4.69, 9.17) is 4.74 Å². The zero-order chi connectivity index (χ0) is 28.7. The van der Waals surface area contributed by atoms with Crippen molar-refractivity contribution in [3.8, 4) is 11.1 Å². The third-order valence-electron chi connectivity index (χ3n) is 6.35. The molecule has 1 N–H and O–H groups in total. The molecular formula is C30H32FN2NiO5S2-. The molecule has 1 amide bonds. The summed E-state index contributed by atoms with van der Waals surface area (Å²) >= 11 is 1.24. The number of rotatable bonds is 11. The molecule has 0 spiro atoms. The SMILES string of the molecule is CC(C)[CH-]C(=O)OCC[C@H](NC(=O)[C@@H]1SCCN1S(=O)(=O)c1ccc(-c2ccccc2)cc1)c1ccc(F)cc1.[Ni]. The van der Waals surface area contributed by atoms with Gasteiger partial charge in [0.1, 0.15) is 11.2 Å². The van der Waals surface area contributed by atoms with E-state index in [-0.39, 0.29) is 46.9 Å². The van der Waals surface area contributed by atoms with E-state index < -0.39 is 39.1 Å². The van der Waals surface area contributed by atoms with Gasteiger partial charge in [-0.15, -0.1) is 11.8 Å². The van der Waals surface area contributed by atoms with Crippen molar-refractivity contribution in [2.24, 2.45) is 5.92 Å². The smallest absolute Gasteiger partial charge is 0.249 e. The molecule has 4 rings (SSSR count). The minimum absolute atomic E-state index is 0. The van der Waals surface area contributed by atoms with E-state index in [1.165, 1.54) is 34.6 Å². The number of nitrogens with zero attached hydrogens (tertiary/aromatic N) is 1.